The molecule has 0 aromatic carbocycles. The van der Waals surface area contributed by atoms with Crippen LogP contribution in [0.5, 0.6) is 0 Å². The van der Waals surface area contributed by atoms with Crippen molar-refractivity contribution in [3.8, 4) is 0 Å². The molecule has 0 saturated heterocycles. The van der Waals surface area contributed by atoms with E-state index in [-0.39, 0.29) is 0 Å². The number of ether oxygens (including phenoxy) is 1. The molecule has 0 bridgehead atoms. The number of rotatable bonds is 5. The minimum Gasteiger partial charge on any atom is -0.381 e. The maximum absolute atomic E-state index is 5.44. The Labute approximate surface area is 113 Å². The van der Waals surface area contributed by atoms with Gasteiger partial charge in [-0.25, -0.2) is 0 Å². The molecule has 0 unspecified atom stereocenters. The molecule has 0 amide bonds. The summed E-state index contributed by atoms with van der Waals surface area (Å²) in [5, 5.41) is 3.91. The lowest BCUT2D eigenvalue weighted by Crippen LogP contribution is -2.43. The summed E-state index contributed by atoms with van der Waals surface area (Å²) in [6, 6.07) is 1.58. The zero-order valence-corrected chi connectivity index (χ0v) is 12.3. The lowest BCUT2D eigenvalue weighted by Gasteiger charge is -2.35. The van der Waals surface area contributed by atoms with Crippen molar-refractivity contribution in [3.63, 3.8) is 0 Å². The van der Waals surface area contributed by atoms with Crippen LogP contribution in [0.1, 0.15) is 71.1 Å². The third-order valence-electron chi connectivity index (χ3n) is 5.02. The Bertz CT molecular complexity index is 215. The van der Waals surface area contributed by atoms with Crippen LogP contribution in [0.4, 0.5) is 0 Å². The Balaban J connectivity index is 1.63. The molecule has 2 saturated carbocycles. The first-order valence-corrected chi connectivity index (χ1v) is 8.10. The summed E-state index contributed by atoms with van der Waals surface area (Å²) in [5.74, 6) is 1.03. The fourth-order valence-electron chi connectivity index (χ4n) is 3.82. The lowest BCUT2D eigenvalue weighted by atomic mass is 9.82. The Morgan fingerprint density at radius 3 is 1.94 bits per heavy atom. The van der Waals surface area contributed by atoms with Crippen LogP contribution in [-0.4, -0.2) is 25.3 Å². The van der Waals surface area contributed by atoms with Gasteiger partial charge in [0.25, 0.3) is 0 Å². The van der Waals surface area contributed by atoms with E-state index in [0.717, 1.165) is 18.0 Å². The van der Waals surface area contributed by atoms with Gasteiger partial charge in [-0.05, 0) is 57.3 Å². The largest absolute Gasteiger partial charge is 0.381 e. The van der Waals surface area contributed by atoms with E-state index in [1.54, 1.807) is 0 Å². The molecular formula is C16H31NO. The minimum atomic E-state index is 0.531. The number of methoxy groups -OCH3 is 1. The molecule has 0 aliphatic heterocycles. The van der Waals surface area contributed by atoms with Gasteiger partial charge in [0.2, 0.25) is 0 Å². The van der Waals surface area contributed by atoms with Crippen molar-refractivity contribution in [2.45, 2.75) is 89.3 Å². The minimum absolute atomic E-state index is 0.531. The van der Waals surface area contributed by atoms with Gasteiger partial charge in [0.15, 0.2) is 0 Å². The Kier molecular flexibility index (Phi) is 5.97. The molecule has 2 rings (SSSR count). The standard InChI is InChI=1S/C16H31NO/c1-3-4-13-5-7-14(8-6-13)17-15-9-11-16(18-2)12-10-15/h13-17H,3-12H2,1-2H3. The van der Waals surface area contributed by atoms with Gasteiger partial charge < -0.3 is 10.1 Å². The number of hydrogen-bond acceptors (Lipinski definition) is 2. The number of nitrogens with one attached hydrogen (secondary N) is 1. The molecule has 18 heavy (non-hydrogen) atoms. The van der Waals surface area contributed by atoms with E-state index in [1.165, 1.54) is 64.2 Å². The normalized spacial score (nSPS) is 37.7. The fraction of sp³-hybridized carbons (Fsp3) is 1.00. The molecule has 1 N–H and O–H groups in total. The number of hydrogen-bond donors (Lipinski definition) is 1. The Hall–Kier alpha value is -0.0800. The van der Waals surface area contributed by atoms with E-state index in [9.17, 15) is 0 Å². The monoisotopic (exact) mass is 253 g/mol. The van der Waals surface area contributed by atoms with Gasteiger partial charge in [0.05, 0.1) is 6.10 Å². The highest BCUT2D eigenvalue weighted by Gasteiger charge is 2.25. The van der Waals surface area contributed by atoms with Gasteiger partial charge in [0.1, 0.15) is 0 Å². The first-order chi connectivity index (χ1) is 8.81. The SMILES string of the molecule is CCCC1CCC(NC2CCC(OC)CC2)CC1. The molecule has 0 radical (unpaired) electrons. The van der Waals surface area contributed by atoms with Gasteiger partial charge in [-0.3, -0.25) is 0 Å². The van der Waals surface area contributed by atoms with Crippen LogP contribution in [0, 0.1) is 5.92 Å². The maximum Gasteiger partial charge on any atom is 0.0572 e. The van der Waals surface area contributed by atoms with Crippen molar-refractivity contribution < 1.29 is 4.74 Å². The molecule has 2 fully saturated rings. The summed E-state index contributed by atoms with van der Waals surface area (Å²) >= 11 is 0. The first-order valence-electron chi connectivity index (χ1n) is 8.10. The van der Waals surface area contributed by atoms with Crippen molar-refractivity contribution in [1.82, 2.24) is 5.32 Å². The second kappa shape index (κ2) is 7.49. The summed E-state index contributed by atoms with van der Waals surface area (Å²) < 4.78 is 5.44. The zero-order chi connectivity index (χ0) is 12.8. The van der Waals surface area contributed by atoms with E-state index < -0.39 is 0 Å². The van der Waals surface area contributed by atoms with Crippen molar-refractivity contribution in [2.75, 3.05) is 7.11 Å². The predicted molar refractivity (Wildman–Crippen MR) is 76.8 cm³/mol. The molecule has 0 aromatic rings. The average molecular weight is 253 g/mol. The summed E-state index contributed by atoms with van der Waals surface area (Å²) in [5.41, 5.74) is 0. The molecule has 2 aliphatic carbocycles. The van der Waals surface area contributed by atoms with Crippen LogP contribution in [0.25, 0.3) is 0 Å². The van der Waals surface area contributed by atoms with Gasteiger partial charge in [-0.15, -0.1) is 0 Å². The highest BCUT2D eigenvalue weighted by Crippen LogP contribution is 2.29. The van der Waals surface area contributed by atoms with E-state index in [0.29, 0.717) is 6.10 Å². The van der Waals surface area contributed by atoms with Gasteiger partial charge in [0, 0.05) is 19.2 Å². The highest BCUT2D eigenvalue weighted by atomic mass is 16.5. The summed E-state index contributed by atoms with van der Waals surface area (Å²) in [7, 11) is 1.85. The van der Waals surface area contributed by atoms with E-state index in [2.05, 4.69) is 12.2 Å². The van der Waals surface area contributed by atoms with Crippen LogP contribution in [0.15, 0.2) is 0 Å². The third-order valence-corrected chi connectivity index (χ3v) is 5.02. The Morgan fingerprint density at radius 2 is 1.44 bits per heavy atom. The molecule has 0 atom stereocenters. The van der Waals surface area contributed by atoms with E-state index >= 15 is 0 Å². The van der Waals surface area contributed by atoms with Crippen LogP contribution < -0.4 is 5.32 Å². The predicted octanol–water partition coefficient (Wildman–Crippen LogP) is 3.89. The van der Waals surface area contributed by atoms with Crippen molar-refractivity contribution >= 4 is 0 Å². The van der Waals surface area contributed by atoms with Gasteiger partial charge >= 0.3 is 0 Å². The van der Waals surface area contributed by atoms with Crippen LogP contribution in [0.3, 0.4) is 0 Å². The topological polar surface area (TPSA) is 21.3 Å². The highest BCUT2D eigenvalue weighted by molar-refractivity contribution is 4.83. The summed E-state index contributed by atoms with van der Waals surface area (Å²) in [6.45, 7) is 2.32. The molecule has 106 valence electrons. The average Bonchev–Trinajstić information content (AvgIpc) is 2.42. The molecule has 2 heteroatoms. The fourth-order valence-corrected chi connectivity index (χ4v) is 3.82. The van der Waals surface area contributed by atoms with Crippen molar-refractivity contribution in [3.05, 3.63) is 0 Å². The maximum atomic E-state index is 5.44. The smallest absolute Gasteiger partial charge is 0.0572 e. The van der Waals surface area contributed by atoms with Crippen LogP contribution in [0.2, 0.25) is 0 Å². The lowest BCUT2D eigenvalue weighted by molar-refractivity contribution is 0.0599. The van der Waals surface area contributed by atoms with Crippen molar-refractivity contribution in [2.24, 2.45) is 5.92 Å². The quantitative estimate of drug-likeness (QED) is 0.802. The van der Waals surface area contributed by atoms with Gasteiger partial charge in [-0.2, -0.15) is 0 Å². The van der Waals surface area contributed by atoms with Gasteiger partial charge in [-0.1, -0.05) is 19.8 Å². The molecule has 0 aromatic heterocycles. The second-order valence-corrected chi connectivity index (χ2v) is 6.38. The van der Waals surface area contributed by atoms with E-state index in [1.807, 2.05) is 7.11 Å². The zero-order valence-electron chi connectivity index (χ0n) is 12.3. The Morgan fingerprint density at radius 1 is 0.889 bits per heavy atom. The van der Waals surface area contributed by atoms with Crippen LogP contribution >= 0.6 is 0 Å². The molecule has 0 heterocycles. The molecule has 2 aliphatic rings. The molecular weight excluding hydrogens is 222 g/mol. The van der Waals surface area contributed by atoms with Crippen LogP contribution in [-0.2, 0) is 4.74 Å². The summed E-state index contributed by atoms with van der Waals surface area (Å²) in [4.78, 5) is 0. The molecule has 0 spiro atoms. The van der Waals surface area contributed by atoms with Crippen molar-refractivity contribution in [1.29, 1.82) is 0 Å². The second-order valence-electron chi connectivity index (χ2n) is 6.38. The summed E-state index contributed by atoms with van der Waals surface area (Å²) in [6.07, 6.45) is 14.2. The first kappa shape index (κ1) is 14.3. The third kappa shape index (κ3) is 4.24. The van der Waals surface area contributed by atoms with E-state index in [4.69, 9.17) is 4.74 Å². The molecule has 2 nitrogen and oxygen atoms in total.